The van der Waals surface area contributed by atoms with Crippen LogP contribution in [0.1, 0.15) is 41.6 Å². The average Bonchev–Trinajstić information content (AvgIpc) is 3.15. The lowest BCUT2D eigenvalue weighted by atomic mass is 9.88. The molecule has 1 aliphatic carbocycles. The molecule has 152 valence electrons. The summed E-state index contributed by atoms with van der Waals surface area (Å²) in [6.45, 7) is -0.323. The van der Waals surface area contributed by atoms with Gasteiger partial charge in [-0.05, 0) is 36.6 Å². The highest BCUT2D eigenvalue weighted by Gasteiger charge is 2.37. The third kappa shape index (κ3) is 4.68. The topological polar surface area (TPSA) is 101 Å². The molecule has 0 heterocycles. The molecule has 0 spiro atoms. The maximum atomic E-state index is 12.6. The number of rotatable bonds is 6. The van der Waals surface area contributed by atoms with Crippen molar-refractivity contribution in [3.05, 3.63) is 73.8 Å². The molecule has 3 rings (SSSR count). The summed E-state index contributed by atoms with van der Waals surface area (Å²) in [5, 5.41) is 17.2. The van der Waals surface area contributed by atoms with Crippen LogP contribution >= 0.6 is 23.2 Å². The van der Waals surface area contributed by atoms with Gasteiger partial charge in [0, 0.05) is 11.1 Å². The predicted molar refractivity (Wildman–Crippen MR) is 110 cm³/mol. The quantitative estimate of drug-likeness (QED) is 0.523. The second-order valence-electron chi connectivity index (χ2n) is 6.92. The van der Waals surface area contributed by atoms with Gasteiger partial charge in [-0.1, -0.05) is 54.2 Å². The number of halogens is 2. The minimum atomic E-state index is -0.774. The lowest BCUT2D eigenvalue weighted by molar-refractivity contribution is -0.385. The highest BCUT2D eigenvalue weighted by molar-refractivity contribution is 6.34. The summed E-state index contributed by atoms with van der Waals surface area (Å²) in [6.07, 6.45) is 3.51. The molecule has 0 atom stereocenters. The van der Waals surface area contributed by atoms with Crippen molar-refractivity contribution in [3.8, 4) is 0 Å². The summed E-state index contributed by atoms with van der Waals surface area (Å²) in [4.78, 5) is 35.5. The minimum absolute atomic E-state index is 0.0504. The normalized spacial score (nSPS) is 15.0. The van der Waals surface area contributed by atoms with Gasteiger partial charge in [-0.3, -0.25) is 19.7 Å². The largest absolute Gasteiger partial charge is 0.345 e. The van der Waals surface area contributed by atoms with E-state index < -0.39 is 22.1 Å². The van der Waals surface area contributed by atoms with Gasteiger partial charge in [0.25, 0.3) is 11.6 Å². The minimum Gasteiger partial charge on any atom is -0.345 e. The van der Waals surface area contributed by atoms with E-state index in [0.29, 0.717) is 5.02 Å². The third-order valence-corrected chi connectivity index (χ3v) is 5.62. The van der Waals surface area contributed by atoms with E-state index in [4.69, 9.17) is 23.2 Å². The molecule has 0 radical (unpaired) electrons. The molecule has 0 saturated heterocycles. The van der Waals surface area contributed by atoms with Crippen molar-refractivity contribution in [1.82, 2.24) is 10.6 Å². The number of hydrogen-bond donors (Lipinski definition) is 2. The van der Waals surface area contributed by atoms with Gasteiger partial charge in [0.05, 0.1) is 22.0 Å². The number of amides is 2. The second-order valence-corrected chi connectivity index (χ2v) is 7.76. The van der Waals surface area contributed by atoms with Gasteiger partial charge in [0.15, 0.2) is 0 Å². The van der Waals surface area contributed by atoms with E-state index >= 15 is 0 Å². The van der Waals surface area contributed by atoms with Crippen molar-refractivity contribution >= 4 is 40.7 Å². The molecule has 2 N–H and O–H groups in total. The van der Waals surface area contributed by atoms with Crippen LogP contribution in [0.3, 0.4) is 0 Å². The molecule has 0 aliphatic heterocycles. The summed E-state index contributed by atoms with van der Waals surface area (Å²) >= 11 is 11.9. The molecule has 0 aromatic heterocycles. The molecule has 29 heavy (non-hydrogen) atoms. The van der Waals surface area contributed by atoms with Crippen molar-refractivity contribution in [3.63, 3.8) is 0 Å². The lowest BCUT2D eigenvalue weighted by Gasteiger charge is -2.31. The van der Waals surface area contributed by atoms with Crippen LogP contribution in [-0.4, -0.2) is 23.3 Å². The lowest BCUT2D eigenvalue weighted by Crippen LogP contribution is -2.48. The van der Waals surface area contributed by atoms with Gasteiger partial charge in [0.1, 0.15) is 5.56 Å². The molecule has 1 saturated carbocycles. The summed E-state index contributed by atoms with van der Waals surface area (Å²) in [5.74, 6) is -1.16. The Kier molecular flexibility index (Phi) is 6.39. The molecule has 0 bridgehead atoms. The van der Waals surface area contributed by atoms with E-state index in [1.54, 1.807) is 12.1 Å². The van der Waals surface area contributed by atoms with Gasteiger partial charge >= 0.3 is 0 Å². The van der Waals surface area contributed by atoms with Crippen molar-refractivity contribution in [2.45, 2.75) is 31.2 Å². The standard InChI is InChI=1S/C20H19Cl2N3O4/c21-14-8-6-13(7-9-14)20(10-1-2-11-20)24-17(26)12-23-19(27)18-15(22)4-3-5-16(18)25(28)29/h3-9H,1-2,10-12H2,(H,23,27)(H,24,26). The highest BCUT2D eigenvalue weighted by Crippen LogP contribution is 2.39. The van der Waals surface area contributed by atoms with E-state index in [-0.39, 0.29) is 23.0 Å². The van der Waals surface area contributed by atoms with Gasteiger partial charge in [-0.15, -0.1) is 0 Å². The summed E-state index contributed by atoms with van der Waals surface area (Å²) in [6, 6.07) is 11.3. The van der Waals surface area contributed by atoms with E-state index in [2.05, 4.69) is 10.6 Å². The third-order valence-electron chi connectivity index (χ3n) is 5.06. The van der Waals surface area contributed by atoms with Crippen LogP contribution in [0.25, 0.3) is 0 Å². The zero-order chi connectivity index (χ0) is 21.0. The molecule has 1 fully saturated rings. The van der Waals surface area contributed by atoms with Gasteiger partial charge in [-0.2, -0.15) is 0 Å². The Labute approximate surface area is 177 Å². The Morgan fingerprint density at radius 3 is 2.34 bits per heavy atom. The van der Waals surface area contributed by atoms with Gasteiger partial charge in [-0.25, -0.2) is 0 Å². The number of benzene rings is 2. The van der Waals surface area contributed by atoms with E-state index in [0.717, 1.165) is 31.2 Å². The van der Waals surface area contributed by atoms with Crippen LogP contribution in [0.15, 0.2) is 42.5 Å². The highest BCUT2D eigenvalue weighted by atomic mass is 35.5. The first-order chi connectivity index (χ1) is 13.8. The monoisotopic (exact) mass is 435 g/mol. The molecule has 2 aromatic rings. The molecule has 7 nitrogen and oxygen atoms in total. The van der Waals surface area contributed by atoms with Crippen LogP contribution in [0.5, 0.6) is 0 Å². The molecule has 2 amide bonds. The Hall–Kier alpha value is -2.64. The zero-order valence-electron chi connectivity index (χ0n) is 15.4. The number of nitro benzene ring substituents is 1. The Balaban J connectivity index is 1.70. The SMILES string of the molecule is O=C(CNC(=O)c1c(Cl)cccc1[N+](=O)[O-])NC1(c2ccc(Cl)cc2)CCCC1. The van der Waals surface area contributed by atoms with Crippen LogP contribution in [0.4, 0.5) is 5.69 Å². The Bertz CT molecular complexity index is 941. The van der Waals surface area contributed by atoms with Gasteiger partial charge in [0.2, 0.25) is 5.91 Å². The first kappa shape index (κ1) is 21.1. The van der Waals surface area contributed by atoms with Crippen LogP contribution in [0.2, 0.25) is 10.0 Å². The van der Waals surface area contributed by atoms with Crippen molar-refractivity contribution < 1.29 is 14.5 Å². The summed E-state index contributed by atoms with van der Waals surface area (Å²) < 4.78 is 0. The van der Waals surface area contributed by atoms with Crippen LogP contribution < -0.4 is 10.6 Å². The zero-order valence-corrected chi connectivity index (χ0v) is 16.9. The van der Waals surface area contributed by atoms with Crippen molar-refractivity contribution in [2.24, 2.45) is 0 Å². The number of hydrogen-bond acceptors (Lipinski definition) is 4. The number of carbonyl (C=O) groups excluding carboxylic acids is 2. The maximum Gasteiger partial charge on any atom is 0.283 e. The van der Waals surface area contributed by atoms with E-state index in [9.17, 15) is 19.7 Å². The number of carbonyl (C=O) groups is 2. The fourth-order valence-electron chi connectivity index (χ4n) is 3.68. The first-order valence-electron chi connectivity index (χ1n) is 9.10. The van der Waals surface area contributed by atoms with Gasteiger partial charge < -0.3 is 10.6 Å². The maximum absolute atomic E-state index is 12.6. The number of nitrogens with zero attached hydrogens (tertiary/aromatic N) is 1. The predicted octanol–water partition coefficient (Wildman–Crippen LogP) is 4.22. The number of nitrogens with one attached hydrogen (secondary N) is 2. The van der Waals surface area contributed by atoms with Crippen LogP contribution in [0, 0.1) is 10.1 Å². The summed E-state index contributed by atoms with van der Waals surface area (Å²) in [5.41, 5.74) is -0.229. The summed E-state index contributed by atoms with van der Waals surface area (Å²) in [7, 11) is 0. The van der Waals surface area contributed by atoms with E-state index in [1.165, 1.54) is 18.2 Å². The molecule has 0 unspecified atom stereocenters. The fraction of sp³-hybridized carbons (Fsp3) is 0.300. The fourth-order valence-corrected chi connectivity index (χ4v) is 4.06. The second kappa shape index (κ2) is 8.80. The Morgan fingerprint density at radius 1 is 1.07 bits per heavy atom. The van der Waals surface area contributed by atoms with Crippen LogP contribution in [-0.2, 0) is 10.3 Å². The number of nitro groups is 1. The molecular weight excluding hydrogens is 417 g/mol. The van der Waals surface area contributed by atoms with Crippen molar-refractivity contribution in [1.29, 1.82) is 0 Å². The average molecular weight is 436 g/mol. The molecular formula is C20H19Cl2N3O4. The molecule has 1 aliphatic rings. The first-order valence-corrected chi connectivity index (χ1v) is 9.86. The smallest absolute Gasteiger partial charge is 0.283 e. The molecule has 2 aromatic carbocycles. The Morgan fingerprint density at radius 2 is 1.72 bits per heavy atom. The molecule has 9 heteroatoms. The van der Waals surface area contributed by atoms with E-state index in [1.807, 2.05) is 12.1 Å². The van der Waals surface area contributed by atoms with Crippen molar-refractivity contribution in [2.75, 3.05) is 6.54 Å².